The van der Waals surface area contributed by atoms with Gasteiger partial charge in [-0.25, -0.2) is 0 Å². The van der Waals surface area contributed by atoms with Gasteiger partial charge in [0.05, 0.1) is 0 Å². The largest absolute Gasteiger partial charge is 0.329 e. The lowest BCUT2D eigenvalue weighted by Gasteiger charge is -2.18. The Balaban J connectivity index is 2.13. The van der Waals surface area contributed by atoms with Gasteiger partial charge in [-0.15, -0.1) is 0 Å². The van der Waals surface area contributed by atoms with E-state index in [2.05, 4.69) is 19.2 Å². The Morgan fingerprint density at radius 3 is 2.75 bits per heavy atom. The Kier molecular flexibility index (Phi) is 4.02. The van der Waals surface area contributed by atoms with Crippen molar-refractivity contribution in [2.24, 2.45) is 17.6 Å². The van der Waals surface area contributed by atoms with Gasteiger partial charge in [0.2, 0.25) is 0 Å². The zero-order valence-electron chi connectivity index (χ0n) is 8.34. The smallest absolute Gasteiger partial charge is 0.0162 e. The molecule has 1 saturated carbocycles. The van der Waals surface area contributed by atoms with Crippen molar-refractivity contribution in [3.8, 4) is 0 Å². The summed E-state index contributed by atoms with van der Waals surface area (Å²) < 4.78 is 0. The first kappa shape index (κ1) is 10.0. The highest BCUT2D eigenvalue weighted by Crippen LogP contribution is 2.30. The van der Waals surface area contributed by atoms with E-state index >= 15 is 0 Å². The van der Waals surface area contributed by atoms with Crippen molar-refractivity contribution in [2.75, 3.05) is 13.1 Å². The minimum absolute atomic E-state index is 0.484. The monoisotopic (exact) mass is 170 g/mol. The quantitative estimate of drug-likeness (QED) is 0.668. The molecule has 0 amide bonds. The number of hydrogen-bond acceptors (Lipinski definition) is 2. The molecule has 0 radical (unpaired) electrons. The molecular weight excluding hydrogens is 148 g/mol. The van der Waals surface area contributed by atoms with Crippen LogP contribution in [0.4, 0.5) is 0 Å². The van der Waals surface area contributed by atoms with Gasteiger partial charge >= 0.3 is 0 Å². The van der Waals surface area contributed by atoms with Crippen LogP contribution in [0.5, 0.6) is 0 Å². The van der Waals surface area contributed by atoms with Crippen molar-refractivity contribution < 1.29 is 0 Å². The maximum absolute atomic E-state index is 5.53. The van der Waals surface area contributed by atoms with Crippen molar-refractivity contribution in [3.63, 3.8) is 0 Å². The lowest BCUT2D eigenvalue weighted by Crippen LogP contribution is -2.37. The predicted octanol–water partition coefficient (Wildman–Crippen LogP) is 1.36. The lowest BCUT2D eigenvalue weighted by atomic mass is 9.98. The fraction of sp³-hybridized carbons (Fsp3) is 1.00. The summed E-state index contributed by atoms with van der Waals surface area (Å²) in [6.45, 7) is 6.44. The Hall–Kier alpha value is -0.0800. The molecule has 1 rings (SSSR count). The fourth-order valence-electron chi connectivity index (χ4n) is 1.96. The number of rotatable bonds is 4. The van der Waals surface area contributed by atoms with E-state index in [4.69, 9.17) is 5.73 Å². The number of nitrogens with one attached hydrogen (secondary N) is 1. The van der Waals surface area contributed by atoms with Gasteiger partial charge in [-0.3, -0.25) is 0 Å². The number of hydrogen-bond donors (Lipinski definition) is 2. The Bertz CT molecular complexity index is 125. The molecule has 12 heavy (non-hydrogen) atoms. The molecule has 72 valence electrons. The van der Waals surface area contributed by atoms with Gasteiger partial charge in [-0.1, -0.05) is 19.8 Å². The van der Waals surface area contributed by atoms with Crippen LogP contribution in [0.2, 0.25) is 0 Å². The van der Waals surface area contributed by atoms with E-state index in [0.717, 1.165) is 18.4 Å². The van der Waals surface area contributed by atoms with Crippen LogP contribution in [0, 0.1) is 11.8 Å². The van der Waals surface area contributed by atoms with Gasteiger partial charge < -0.3 is 11.1 Å². The van der Waals surface area contributed by atoms with Crippen molar-refractivity contribution in [1.82, 2.24) is 5.32 Å². The molecule has 3 N–H and O–H groups in total. The maximum atomic E-state index is 5.53. The third-order valence-electron chi connectivity index (χ3n) is 3.12. The average molecular weight is 170 g/mol. The number of nitrogens with two attached hydrogens (primary N) is 1. The standard InChI is InChI=1S/C10H22N2/c1-8-4-3-5-10(8)7-12-9(2)6-11/h8-10,12H,3-7,11H2,1-2H3. The van der Waals surface area contributed by atoms with Gasteiger partial charge in [0.1, 0.15) is 0 Å². The average Bonchev–Trinajstić information content (AvgIpc) is 2.47. The molecule has 1 aliphatic carbocycles. The van der Waals surface area contributed by atoms with Crippen molar-refractivity contribution >= 4 is 0 Å². The minimum Gasteiger partial charge on any atom is -0.329 e. The van der Waals surface area contributed by atoms with Crippen LogP contribution in [0.25, 0.3) is 0 Å². The lowest BCUT2D eigenvalue weighted by molar-refractivity contribution is 0.374. The summed E-state index contributed by atoms with van der Waals surface area (Å²) in [5.74, 6) is 1.82. The van der Waals surface area contributed by atoms with E-state index in [1.807, 2.05) is 0 Å². The topological polar surface area (TPSA) is 38.0 Å². The molecule has 3 unspecified atom stereocenters. The van der Waals surface area contributed by atoms with Crippen LogP contribution in [0.3, 0.4) is 0 Å². The van der Waals surface area contributed by atoms with E-state index in [-0.39, 0.29) is 0 Å². The summed E-state index contributed by atoms with van der Waals surface area (Å²) in [7, 11) is 0. The molecule has 0 saturated heterocycles. The molecule has 1 fully saturated rings. The van der Waals surface area contributed by atoms with Gasteiger partial charge in [-0.2, -0.15) is 0 Å². The zero-order valence-corrected chi connectivity index (χ0v) is 8.34. The van der Waals surface area contributed by atoms with Crippen molar-refractivity contribution in [3.05, 3.63) is 0 Å². The molecule has 3 atom stereocenters. The Labute approximate surface area is 75.9 Å². The first-order chi connectivity index (χ1) is 5.74. The van der Waals surface area contributed by atoms with Gasteiger partial charge in [0.25, 0.3) is 0 Å². The molecule has 0 aromatic heterocycles. The summed E-state index contributed by atoms with van der Waals surface area (Å²) in [5, 5.41) is 3.48. The molecule has 0 aromatic rings. The first-order valence-electron chi connectivity index (χ1n) is 5.17. The molecule has 0 heterocycles. The van der Waals surface area contributed by atoms with Crippen molar-refractivity contribution in [2.45, 2.75) is 39.2 Å². The van der Waals surface area contributed by atoms with Crippen LogP contribution in [0.1, 0.15) is 33.1 Å². The van der Waals surface area contributed by atoms with Crippen LogP contribution in [-0.2, 0) is 0 Å². The molecule has 2 nitrogen and oxygen atoms in total. The molecule has 1 aliphatic rings. The Morgan fingerprint density at radius 1 is 1.50 bits per heavy atom. The first-order valence-corrected chi connectivity index (χ1v) is 5.17. The SMILES string of the molecule is CC(CN)NCC1CCCC1C. The molecule has 0 aromatic carbocycles. The fourth-order valence-corrected chi connectivity index (χ4v) is 1.96. The normalized spacial score (nSPS) is 32.2. The van der Waals surface area contributed by atoms with Crippen LogP contribution >= 0.6 is 0 Å². The summed E-state index contributed by atoms with van der Waals surface area (Å²) in [4.78, 5) is 0. The summed E-state index contributed by atoms with van der Waals surface area (Å²) in [6, 6.07) is 0.484. The highest BCUT2D eigenvalue weighted by atomic mass is 14.9. The van der Waals surface area contributed by atoms with E-state index in [1.165, 1.54) is 25.8 Å². The van der Waals surface area contributed by atoms with Crippen molar-refractivity contribution in [1.29, 1.82) is 0 Å². The van der Waals surface area contributed by atoms with E-state index < -0.39 is 0 Å². The summed E-state index contributed by atoms with van der Waals surface area (Å²) in [5.41, 5.74) is 5.53. The molecule has 0 spiro atoms. The van der Waals surface area contributed by atoms with E-state index in [9.17, 15) is 0 Å². The minimum atomic E-state index is 0.484. The second kappa shape index (κ2) is 4.83. The third kappa shape index (κ3) is 2.76. The highest BCUT2D eigenvalue weighted by Gasteiger charge is 2.22. The van der Waals surface area contributed by atoms with E-state index in [1.54, 1.807) is 0 Å². The highest BCUT2D eigenvalue weighted by molar-refractivity contribution is 4.77. The molecule has 0 bridgehead atoms. The van der Waals surface area contributed by atoms with Crippen LogP contribution in [-0.4, -0.2) is 19.1 Å². The van der Waals surface area contributed by atoms with E-state index in [0.29, 0.717) is 6.04 Å². The summed E-state index contributed by atoms with van der Waals surface area (Å²) in [6.07, 6.45) is 4.25. The second-order valence-electron chi connectivity index (χ2n) is 4.21. The molecular formula is C10H22N2. The van der Waals surface area contributed by atoms with Gasteiger partial charge in [-0.05, 0) is 31.7 Å². The third-order valence-corrected chi connectivity index (χ3v) is 3.12. The maximum Gasteiger partial charge on any atom is 0.0162 e. The molecule has 2 heteroatoms. The molecule has 0 aliphatic heterocycles. The summed E-state index contributed by atoms with van der Waals surface area (Å²) >= 11 is 0. The zero-order chi connectivity index (χ0) is 8.97. The van der Waals surface area contributed by atoms with Gasteiger partial charge in [0, 0.05) is 12.6 Å². The Morgan fingerprint density at radius 2 is 2.25 bits per heavy atom. The van der Waals surface area contributed by atoms with Crippen LogP contribution < -0.4 is 11.1 Å². The second-order valence-corrected chi connectivity index (χ2v) is 4.21. The van der Waals surface area contributed by atoms with Crippen LogP contribution in [0.15, 0.2) is 0 Å². The predicted molar refractivity (Wildman–Crippen MR) is 53.0 cm³/mol. The van der Waals surface area contributed by atoms with Gasteiger partial charge in [0.15, 0.2) is 0 Å².